The van der Waals surface area contributed by atoms with Crippen molar-refractivity contribution in [3.05, 3.63) is 11.6 Å². The predicted octanol–water partition coefficient (Wildman–Crippen LogP) is 7.92. The normalized spacial score (nSPS) is 48.1. The van der Waals surface area contributed by atoms with Gasteiger partial charge in [0.05, 0.1) is 6.10 Å². The molecule has 0 amide bonds. The molecule has 0 bridgehead atoms. The first-order valence-electron chi connectivity index (χ1n) is 13.8. The molecule has 1 nitrogen and oxygen atoms in total. The van der Waals surface area contributed by atoms with E-state index in [-0.39, 0.29) is 6.10 Å². The van der Waals surface area contributed by atoms with Crippen molar-refractivity contribution in [2.45, 2.75) is 123 Å². The summed E-state index contributed by atoms with van der Waals surface area (Å²) in [5.41, 5.74) is 2.62. The van der Waals surface area contributed by atoms with Gasteiger partial charge in [0.2, 0.25) is 0 Å². The van der Waals surface area contributed by atoms with Crippen LogP contribution in [0.3, 0.4) is 0 Å². The molecule has 0 aliphatic heterocycles. The lowest BCUT2D eigenvalue weighted by molar-refractivity contribution is -0.0581. The van der Waals surface area contributed by atoms with Gasteiger partial charge in [0.15, 0.2) is 0 Å². The van der Waals surface area contributed by atoms with Gasteiger partial charge in [0.25, 0.3) is 0 Å². The Morgan fingerprint density at radius 3 is 2.47 bits per heavy atom. The first kappa shape index (κ1) is 21.5. The molecule has 5 aliphatic carbocycles. The molecule has 1 heteroatoms. The van der Waals surface area contributed by atoms with Gasteiger partial charge in [-0.1, -0.05) is 70.9 Å². The van der Waals surface area contributed by atoms with Gasteiger partial charge >= 0.3 is 0 Å². The second-order valence-corrected chi connectivity index (χ2v) is 13.0. The highest BCUT2D eigenvalue weighted by molar-refractivity contribution is 5.25. The fourth-order valence-electron chi connectivity index (χ4n) is 9.91. The summed E-state index contributed by atoms with van der Waals surface area (Å²) in [6.07, 6.45) is 23.5. The van der Waals surface area contributed by atoms with Crippen LogP contribution < -0.4 is 0 Å². The Morgan fingerprint density at radius 2 is 1.70 bits per heavy atom. The highest BCUT2D eigenvalue weighted by Gasteiger charge is 2.59. The maximum atomic E-state index is 10.3. The Kier molecular flexibility index (Phi) is 5.92. The SMILES string of the molecule is C[C@H](CC1CCCCCC1)[C@H]1CC[C@H]2[C@@H]3CC=C4C[C@@H](O)CC[C@]4(C)[C@H]3CC[C@]12C. The number of aliphatic hydroxyl groups excluding tert-OH is 1. The molecule has 4 fully saturated rings. The van der Waals surface area contributed by atoms with Crippen molar-refractivity contribution in [1.82, 2.24) is 0 Å². The Labute approximate surface area is 186 Å². The number of aliphatic hydroxyl groups is 1. The Balaban J connectivity index is 1.31. The third kappa shape index (κ3) is 3.54. The van der Waals surface area contributed by atoms with Gasteiger partial charge in [-0.2, -0.15) is 0 Å². The smallest absolute Gasteiger partial charge is 0.0577 e. The molecule has 1 N–H and O–H groups in total. The fraction of sp³-hybridized carbons (Fsp3) is 0.931. The van der Waals surface area contributed by atoms with E-state index in [4.69, 9.17) is 0 Å². The van der Waals surface area contributed by atoms with E-state index in [1.807, 2.05) is 0 Å². The highest BCUT2D eigenvalue weighted by Crippen LogP contribution is 2.67. The molecule has 5 rings (SSSR count). The molecule has 4 saturated carbocycles. The second kappa shape index (κ2) is 8.24. The average molecular weight is 413 g/mol. The predicted molar refractivity (Wildman–Crippen MR) is 126 cm³/mol. The first-order chi connectivity index (χ1) is 14.4. The van der Waals surface area contributed by atoms with Crippen LogP contribution in [0.15, 0.2) is 11.6 Å². The molecule has 0 spiro atoms. The van der Waals surface area contributed by atoms with E-state index in [0.717, 1.165) is 48.3 Å². The lowest BCUT2D eigenvalue weighted by atomic mass is 9.47. The summed E-state index contributed by atoms with van der Waals surface area (Å²) in [5.74, 6) is 5.68. The molecule has 8 atom stereocenters. The molecule has 30 heavy (non-hydrogen) atoms. The summed E-state index contributed by atoms with van der Waals surface area (Å²) >= 11 is 0. The molecule has 0 aromatic rings. The van der Waals surface area contributed by atoms with Crippen molar-refractivity contribution in [3.63, 3.8) is 0 Å². The third-order valence-corrected chi connectivity index (χ3v) is 11.5. The van der Waals surface area contributed by atoms with Crippen LogP contribution in [0.5, 0.6) is 0 Å². The minimum Gasteiger partial charge on any atom is -0.393 e. The van der Waals surface area contributed by atoms with Crippen LogP contribution in [0.25, 0.3) is 0 Å². The molecule has 0 radical (unpaired) electrons. The van der Waals surface area contributed by atoms with Gasteiger partial charge < -0.3 is 5.11 Å². The van der Waals surface area contributed by atoms with E-state index >= 15 is 0 Å². The van der Waals surface area contributed by atoms with Gasteiger partial charge in [-0.15, -0.1) is 0 Å². The minimum absolute atomic E-state index is 0.0737. The number of fused-ring (bicyclic) bond motifs is 5. The zero-order chi connectivity index (χ0) is 20.9. The van der Waals surface area contributed by atoms with Gasteiger partial charge in [-0.05, 0) is 104 Å². The summed E-state index contributed by atoms with van der Waals surface area (Å²) in [7, 11) is 0. The van der Waals surface area contributed by atoms with Gasteiger partial charge in [-0.25, -0.2) is 0 Å². The summed E-state index contributed by atoms with van der Waals surface area (Å²) in [5, 5.41) is 10.3. The Hall–Kier alpha value is -0.300. The number of allylic oxidation sites excluding steroid dienone is 1. The zero-order valence-electron chi connectivity index (χ0n) is 20.2. The van der Waals surface area contributed by atoms with E-state index in [0.29, 0.717) is 10.8 Å². The Bertz CT molecular complexity index is 643. The number of hydrogen-bond acceptors (Lipinski definition) is 1. The topological polar surface area (TPSA) is 20.2 Å². The first-order valence-corrected chi connectivity index (χ1v) is 13.8. The number of rotatable bonds is 3. The lowest BCUT2D eigenvalue weighted by Gasteiger charge is -2.58. The molecule has 5 aliphatic rings. The number of hydrogen-bond donors (Lipinski definition) is 1. The van der Waals surface area contributed by atoms with Gasteiger partial charge in [0.1, 0.15) is 0 Å². The molecule has 0 aromatic heterocycles. The minimum atomic E-state index is -0.0737. The molecule has 0 saturated heterocycles. The van der Waals surface area contributed by atoms with E-state index in [9.17, 15) is 5.11 Å². The van der Waals surface area contributed by atoms with Crippen molar-refractivity contribution < 1.29 is 5.11 Å². The van der Waals surface area contributed by atoms with E-state index in [2.05, 4.69) is 26.8 Å². The standard InChI is InChI=1S/C29H48O/c1-20(18-21-8-6-4-5-7-9-21)25-12-13-26-24-11-10-22-19-23(30)14-16-28(22,2)27(24)15-17-29(25,26)3/h10,20-21,23-27,30H,4-9,11-19H2,1-3H3/t20-,23+,24+,25-,26+,27+,28+,29-/m1/s1. The van der Waals surface area contributed by atoms with Crippen molar-refractivity contribution in [2.24, 2.45) is 46.3 Å². The maximum Gasteiger partial charge on any atom is 0.0577 e. The molecule has 0 aromatic carbocycles. The lowest BCUT2D eigenvalue weighted by Crippen LogP contribution is -2.50. The van der Waals surface area contributed by atoms with E-state index in [1.54, 1.807) is 5.57 Å². The third-order valence-electron chi connectivity index (χ3n) is 11.5. The molecule has 0 unspecified atom stereocenters. The molecular formula is C29H48O. The van der Waals surface area contributed by atoms with E-state index in [1.165, 1.54) is 83.5 Å². The molecule has 170 valence electrons. The second-order valence-electron chi connectivity index (χ2n) is 13.0. The van der Waals surface area contributed by atoms with Crippen LogP contribution in [0.2, 0.25) is 0 Å². The van der Waals surface area contributed by atoms with Gasteiger partial charge in [0, 0.05) is 0 Å². The summed E-state index contributed by atoms with van der Waals surface area (Å²) < 4.78 is 0. The zero-order valence-corrected chi connectivity index (χ0v) is 20.2. The van der Waals surface area contributed by atoms with Crippen LogP contribution in [0.1, 0.15) is 117 Å². The van der Waals surface area contributed by atoms with Crippen LogP contribution in [-0.2, 0) is 0 Å². The van der Waals surface area contributed by atoms with Crippen molar-refractivity contribution in [1.29, 1.82) is 0 Å². The summed E-state index contributed by atoms with van der Waals surface area (Å²) in [6.45, 7) is 7.94. The van der Waals surface area contributed by atoms with E-state index < -0.39 is 0 Å². The maximum absolute atomic E-state index is 10.3. The van der Waals surface area contributed by atoms with Crippen LogP contribution in [0.4, 0.5) is 0 Å². The largest absolute Gasteiger partial charge is 0.393 e. The average Bonchev–Trinajstić information content (AvgIpc) is 2.88. The monoisotopic (exact) mass is 412 g/mol. The summed E-state index contributed by atoms with van der Waals surface area (Å²) in [4.78, 5) is 0. The van der Waals surface area contributed by atoms with Crippen LogP contribution in [-0.4, -0.2) is 11.2 Å². The quantitative estimate of drug-likeness (QED) is 0.368. The van der Waals surface area contributed by atoms with Crippen molar-refractivity contribution in [2.75, 3.05) is 0 Å². The van der Waals surface area contributed by atoms with Crippen LogP contribution >= 0.6 is 0 Å². The van der Waals surface area contributed by atoms with Gasteiger partial charge in [-0.3, -0.25) is 0 Å². The molecule has 0 heterocycles. The fourth-order valence-corrected chi connectivity index (χ4v) is 9.91. The highest BCUT2D eigenvalue weighted by atomic mass is 16.3. The van der Waals surface area contributed by atoms with Crippen molar-refractivity contribution in [3.8, 4) is 0 Å². The van der Waals surface area contributed by atoms with Crippen molar-refractivity contribution >= 4 is 0 Å². The molecular weight excluding hydrogens is 364 g/mol. The Morgan fingerprint density at radius 1 is 0.933 bits per heavy atom. The summed E-state index contributed by atoms with van der Waals surface area (Å²) in [6, 6.07) is 0. The van der Waals surface area contributed by atoms with Crippen LogP contribution in [0, 0.1) is 46.3 Å².